The molecule has 0 fully saturated rings. The zero-order valence-corrected chi connectivity index (χ0v) is 14.3. The molecule has 64 valence electrons. The molecule has 0 aliphatic carbocycles. The van der Waals surface area contributed by atoms with Gasteiger partial charge in [0.05, 0.1) is 0 Å². The van der Waals surface area contributed by atoms with E-state index in [0.29, 0.717) is 5.92 Å². The zero-order chi connectivity index (χ0) is 8.08. The van der Waals surface area contributed by atoms with Crippen molar-refractivity contribution < 1.29 is 65.4 Å². The molecule has 2 radical (unpaired) electrons. The van der Waals surface area contributed by atoms with Crippen LogP contribution in [0.2, 0.25) is 0 Å². The van der Waals surface area contributed by atoms with Crippen molar-refractivity contribution in [1.29, 1.82) is 0 Å². The van der Waals surface area contributed by atoms with E-state index in [1.54, 1.807) is 0 Å². The van der Waals surface area contributed by atoms with Crippen LogP contribution in [0.5, 0.6) is 0 Å². The van der Waals surface area contributed by atoms with Gasteiger partial charge in [-0.1, -0.05) is 34.6 Å². The first-order chi connectivity index (χ1) is 3.73. The summed E-state index contributed by atoms with van der Waals surface area (Å²) in [4.78, 5) is 0. The van der Waals surface area contributed by atoms with Crippen molar-refractivity contribution in [3.05, 3.63) is 13.8 Å². The van der Waals surface area contributed by atoms with E-state index in [-0.39, 0.29) is 70.8 Å². The van der Waals surface area contributed by atoms with Crippen LogP contribution in [0, 0.1) is 25.2 Å². The van der Waals surface area contributed by atoms with E-state index in [0.717, 1.165) is 0 Å². The Morgan fingerprint density at radius 2 is 1.00 bits per heavy atom. The van der Waals surface area contributed by atoms with Crippen molar-refractivity contribution in [2.45, 2.75) is 34.6 Å². The van der Waals surface area contributed by atoms with Gasteiger partial charge in [0.15, 0.2) is 0 Å². The fourth-order valence-corrected chi connectivity index (χ4v) is 0. The van der Waals surface area contributed by atoms with Crippen LogP contribution in [0.1, 0.15) is 34.6 Å². The second-order valence-corrected chi connectivity index (χ2v) is 3.95. The molecular weight excluding hydrogens is 286 g/mol. The molecule has 0 N–H and O–H groups in total. The molecule has 0 saturated carbocycles. The third-order valence-corrected chi connectivity index (χ3v) is 0. The first-order valence-corrected chi connectivity index (χ1v) is 3.42. The monoisotopic (exact) mass is 306 g/mol. The Bertz CT molecular complexity index is 44.3. The van der Waals surface area contributed by atoms with E-state index < -0.39 is 0 Å². The maximum absolute atomic E-state index is 3.77. The van der Waals surface area contributed by atoms with Crippen LogP contribution >= 0.6 is 0 Å². The van der Waals surface area contributed by atoms with Crippen LogP contribution in [0.3, 0.4) is 0 Å². The van der Waals surface area contributed by atoms with E-state index >= 15 is 0 Å². The summed E-state index contributed by atoms with van der Waals surface area (Å²) >= 11 is 0. The van der Waals surface area contributed by atoms with E-state index in [1.165, 1.54) is 0 Å². The molecule has 0 aromatic rings. The molecule has 0 atom stereocenters. The van der Waals surface area contributed by atoms with Crippen molar-refractivity contribution >= 4 is 0 Å². The van der Waals surface area contributed by atoms with E-state index in [1.807, 2.05) is 0 Å². The minimum Gasteiger partial charge on any atom is -0.341 e. The van der Waals surface area contributed by atoms with E-state index in [2.05, 4.69) is 48.5 Å². The summed E-state index contributed by atoms with van der Waals surface area (Å²) in [5, 5.41) is 0. The first-order valence-electron chi connectivity index (χ1n) is 3.42. The van der Waals surface area contributed by atoms with Gasteiger partial charge < -0.3 is 13.8 Å². The topological polar surface area (TPSA) is 0 Å². The summed E-state index contributed by atoms with van der Waals surface area (Å²) in [5.74, 6) is 0.583. The molecule has 0 bridgehead atoms. The average molecular weight is 306 g/mol. The molecule has 0 nitrogen and oxygen atoms in total. The van der Waals surface area contributed by atoms with Crippen LogP contribution in [-0.4, -0.2) is 0 Å². The van der Waals surface area contributed by atoms with Crippen molar-refractivity contribution in [1.82, 2.24) is 0 Å². The largest absolute Gasteiger partial charge is 0.341 e. The Hall–Kier alpha value is 2.21. The summed E-state index contributed by atoms with van der Waals surface area (Å²) in [5.41, 5.74) is 0.250. The Labute approximate surface area is 123 Å². The summed E-state index contributed by atoms with van der Waals surface area (Å²) in [6.07, 6.45) is 0. The maximum Gasteiger partial charge on any atom is 0 e. The minimum absolute atomic E-state index is 0. The molecule has 2 heteroatoms. The predicted molar refractivity (Wildman–Crippen MR) is 45.0 cm³/mol. The van der Waals surface area contributed by atoms with Gasteiger partial charge in [0.2, 0.25) is 0 Å². The molecule has 0 rings (SSSR count). The minimum atomic E-state index is 0. The smallest absolute Gasteiger partial charge is 0 e. The second-order valence-electron chi connectivity index (χ2n) is 3.95. The van der Waals surface area contributed by atoms with Crippen LogP contribution in [-0.2, 0) is 65.4 Å². The summed E-state index contributed by atoms with van der Waals surface area (Å²) < 4.78 is 0. The molecule has 0 amide bonds. The van der Waals surface area contributed by atoms with Gasteiger partial charge in [-0.25, -0.2) is 0 Å². The molecule has 0 aliphatic heterocycles. The third-order valence-electron chi connectivity index (χ3n) is 0. The molecule has 0 unspecified atom stereocenters. The summed E-state index contributed by atoms with van der Waals surface area (Å²) in [7, 11) is 0. The fourth-order valence-electron chi connectivity index (χ4n) is 0. The van der Waals surface area contributed by atoms with Crippen molar-refractivity contribution in [2.24, 2.45) is 11.3 Å². The van der Waals surface area contributed by atoms with Gasteiger partial charge in [-0.15, -0.1) is 0 Å². The Balaban J connectivity index is -0.0000000383. The van der Waals surface area contributed by atoms with Crippen molar-refractivity contribution in [3.8, 4) is 0 Å². The zero-order valence-electron chi connectivity index (χ0n) is 8.65. The van der Waals surface area contributed by atoms with E-state index in [4.69, 9.17) is 0 Å². The second kappa shape index (κ2) is 12.2. The third kappa shape index (κ3) is 261. The van der Waals surface area contributed by atoms with Gasteiger partial charge in [-0.2, -0.15) is 11.3 Å². The van der Waals surface area contributed by atoms with Crippen molar-refractivity contribution in [2.75, 3.05) is 0 Å². The maximum atomic E-state index is 3.77. The van der Waals surface area contributed by atoms with Gasteiger partial charge in [-0.05, 0) is 0 Å². The fraction of sp³-hybridized carbons (Fsp3) is 0.778. The quantitative estimate of drug-likeness (QED) is 0.602. The van der Waals surface area contributed by atoms with Gasteiger partial charge in [0.1, 0.15) is 0 Å². The molecule has 0 saturated heterocycles. The Morgan fingerprint density at radius 1 is 1.00 bits per heavy atom. The standard InChI is InChI=1S/C5H11.C4H9.2Y/c1-5(2,3)4;1-4(2)3;;/h1H2,2-4H3;4H,1H2,2-3H3;;/q2*-1;;. The predicted octanol–water partition coefficient (Wildman–Crippen LogP) is 3.34. The molecule has 0 spiro atoms. The summed E-state index contributed by atoms with van der Waals surface area (Å²) in [6.45, 7) is 17.8. The number of rotatable bonds is 0. The Kier molecular flexibility index (Phi) is 25.8. The van der Waals surface area contributed by atoms with E-state index in [9.17, 15) is 0 Å². The van der Waals surface area contributed by atoms with Crippen molar-refractivity contribution in [3.63, 3.8) is 0 Å². The molecule has 0 aliphatic rings. The molecular formula is C9H20Y2-2. The SMILES string of the molecule is [CH2-]C(C)(C)C.[CH2-]C(C)C.[Y].[Y]. The normalized spacial score (nSPS) is 8.73. The van der Waals surface area contributed by atoms with Gasteiger partial charge >= 0.3 is 0 Å². The first kappa shape index (κ1) is 23.2. The van der Waals surface area contributed by atoms with Crippen LogP contribution < -0.4 is 0 Å². The number of hydrogen-bond acceptors (Lipinski definition) is 0. The summed E-state index contributed by atoms with van der Waals surface area (Å²) in [6, 6.07) is 0. The van der Waals surface area contributed by atoms with Gasteiger partial charge in [0, 0.05) is 65.4 Å². The molecule has 0 aromatic carbocycles. The van der Waals surface area contributed by atoms with Crippen LogP contribution in [0.15, 0.2) is 0 Å². The molecule has 0 heterocycles. The number of hydrogen-bond donors (Lipinski definition) is 0. The molecule has 11 heavy (non-hydrogen) atoms. The Morgan fingerprint density at radius 3 is 1.00 bits per heavy atom. The van der Waals surface area contributed by atoms with Gasteiger partial charge in [0.25, 0.3) is 0 Å². The average Bonchev–Trinajstić information content (AvgIpc) is 1.19. The van der Waals surface area contributed by atoms with Crippen LogP contribution in [0.25, 0.3) is 0 Å². The molecule has 0 aromatic heterocycles. The van der Waals surface area contributed by atoms with Gasteiger partial charge in [-0.3, -0.25) is 0 Å². The van der Waals surface area contributed by atoms with Crippen LogP contribution in [0.4, 0.5) is 0 Å².